The summed E-state index contributed by atoms with van der Waals surface area (Å²) < 4.78 is 10.4. The first-order valence-corrected chi connectivity index (χ1v) is 7.49. The van der Waals surface area contributed by atoms with Crippen molar-refractivity contribution in [2.75, 3.05) is 33.4 Å². The van der Waals surface area contributed by atoms with Crippen molar-refractivity contribution >= 4 is 18.3 Å². The highest BCUT2D eigenvalue weighted by atomic mass is 35.5. The maximum atomic E-state index is 12.4. The third-order valence-corrected chi connectivity index (χ3v) is 4.28. The van der Waals surface area contributed by atoms with Gasteiger partial charge >= 0.3 is 0 Å². The number of hydrogen-bond acceptors (Lipinski definition) is 5. The quantitative estimate of drug-likeness (QED) is 0.716. The number of nitrogens with one attached hydrogen (secondary N) is 1. The van der Waals surface area contributed by atoms with Gasteiger partial charge in [0.1, 0.15) is 5.75 Å². The van der Waals surface area contributed by atoms with Crippen LogP contribution >= 0.6 is 12.4 Å². The Morgan fingerprint density at radius 3 is 2.52 bits per heavy atom. The van der Waals surface area contributed by atoms with Gasteiger partial charge in [-0.3, -0.25) is 4.79 Å². The summed E-state index contributed by atoms with van der Waals surface area (Å²) in [6.45, 7) is 1.55. The number of ether oxygens (including phenoxy) is 2. The van der Waals surface area contributed by atoms with Crippen molar-refractivity contribution in [3.63, 3.8) is 0 Å². The number of amides is 1. The van der Waals surface area contributed by atoms with Crippen LogP contribution in [0.15, 0.2) is 24.3 Å². The lowest BCUT2D eigenvalue weighted by atomic mass is 9.79. The molecule has 1 saturated heterocycles. The van der Waals surface area contributed by atoms with Crippen LogP contribution in [0.4, 0.5) is 0 Å². The molecule has 1 aromatic carbocycles. The third-order valence-electron chi connectivity index (χ3n) is 4.28. The number of nitrogens with two attached hydrogens (primary N) is 1. The minimum atomic E-state index is -0.760. The SMILES string of the molecule is COc1ccc(C(O)CNC(=O)C2(CN)CCOCC2)cc1.Cl. The van der Waals surface area contributed by atoms with Crippen molar-refractivity contribution in [1.29, 1.82) is 0 Å². The molecule has 7 heteroatoms. The highest BCUT2D eigenvalue weighted by Gasteiger charge is 2.38. The maximum Gasteiger partial charge on any atom is 0.227 e. The number of aliphatic hydroxyl groups is 1. The lowest BCUT2D eigenvalue weighted by Crippen LogP contribution is -2.49. The fraction of sp³-hybridized carbons (Fsp3) is 0.562. The predicted octanol–water partition coefficient (Wildman–Crippen LogP) is 1.02. The Labute approximate surface area is 142 Å². The Bertz CT molecular complexity index is 489. The maximum absolute atomic E-state index is 12.4. The van der Waals surface area contributed by atoms with Crippen LogP contribution in [0.3, 0.4) is 0 Å². The molecule has 1 aliphatic rings. The zero-order valence-electron chi connectivity index (χ0n) is 13.3. The van der Waals surface area contributed by atoms with Crippen LogP contribution in [0.2, 0.25) is 0 Å². The molecule has 1 unspecified atom stereocenters. The van der Waals surface area contributed by atoms with Crippen molar-refractivity contribution in [3.8, 4) is 5.75 Å². The molecule has 2 rings (SSSR count). The predicted molar refractivity (Wildman–Crippen MR) is 89.8 cm³/mol. The fourth-order valence-electron chi connectivity index (χ4n) is 2.61. The molecule has 0 aliphatic carbocycles. The molecular formula is C16H25ClN2O4. The first-order valence-electron chi connectivity index (χ1n) is 7.49. The zero-order chi connectivity index (χ0) is 16.0. The lowest BCUT2D eigenvalue weighted by molar-refractivity contribution is -0.136. The largest absolute Gasteiger partial charge is 0.497 e. The van der Waals surface area contributed by atoms with Gasteiger partial charge in [0.25, 0.3) is 0 Å². The van der Waals surface area contributed by atoms with Crippen LogP contribution in [0.1, 0.15) is 24.5 Å². The molecule has 0 aromatic heterocycles. The molecule has 1 aromatic rings. The van der Waals surface area contributed by atoms with Crippen LogP contribution in [-0.4, -0.2) is 44.4 Å². The average molecular weight is 345 g/mol. The molecule has 0 bridgehead atoms. The summed E-state index contributed by atoms with van der Waals surface area (Å²) in [5.74, 6) is 0.620. The van der Waals surface area contributed by atoms with E-state index in [0.717, 1.165) is 11.3 Å². The van der Waals surface area contributed by atoms with Crippen molar-refractivity contribution in [3.05, 3.63) is 29.8 Å². The Balaban J connectivity index is 0.00000264. The number of benzene rings is 1. The van der Waals surface area contributed by atoms with E-state index in [0.29, 0.717) is 32.6 Å². The standard InChI is InChI=1S/C16H24N2O4.ClH/c1-21-13-4-2-12(3-5-13)14(19)10-18-15(20)16(11-17)6-8-22-9-7-16;/h2-5,14,19H,6-11,17H2,1H3,(H,18,20);1H. The van der Waals surface area contributed by atoms with Crippen molar-refractivity contribution < 1.29 is 19.4 Å². The van der Waals surface area contributed by atoms with E-state index in [4.69, 9.17) is 15.2 Å². The number of aliphatic hydroxyl groups excluding tert-OH is 1. The second-order valence-electron chi connectivity index (χ2n) is 5.60. The number of rotatable bonds is 6. The molecule has 0 radical (unpaired) electrons. The van der Waals surface area contributed by atoms with Crippen LogP contribution < -0.4 is 15.8 Å². The van der Waals surface area contributed by atoms with E-state index in [1.807, 2.05) is 0 Å². The Hall–Kier alpha value is -1.34. The molecule has 130 valence electrons. The van der Waals surface area contributed by atoms with Gasteiger partial charge < -0.3 is 25.6 Å². The van der Waals surface area contributed by atoms with Gasteiger partial charge in [0.2, 0.25) is 5.91 Å². The molecular weight excluding hydrogens is 320 g/mol. The molecule has 0 saturated carbocycles. The average Bonchev–Trinajstić information content (AvgIpc) is 2.59. The van der Waals surface area contributed by atoms with Gasteiger partial charge in [-0.15, -0.1) is 12.4 Å². The molecule has 1 amide bonds. The summed E-state index contributed by atoms with van der Waals surface area (Å²) in [6, 6.07) is 7.12. The highest BCUT2D eigenvalue weighted by molar-refractivity contribution is 5.85. The molecule has 1 fully saturated rings. The molecule has 4 N–H and O–H groups in total. The number of carbonyl (C=O) groups excluding carboxylic acids is 1. The highest BCUT2D eigenvalue weighted by Crippen LogP contribution is 2.29. The van der Waals surface area contributed by atoms with Gasteiger partial charge in [0.05, 0.1) is 18.6 Å². The molecule has 6 nitrogen and oxygen atoms in total. The van der Waals surface area contributed by atoms with E-state index in [1.165, 1.54) is 0 Å². The molecule has 0 spiro atoms. The van der Waals surface area contributed by atoms with E-state index in [2.05, 4.69) is 5.32 Å². The molecule has 1 heterocycles. The summed E-state index contributed by atoms with van der Waals surface area (Å²) in [7, 11) is 1.59. The third kappa shape index (κ3) is 4.81. The van der Waals surface area contributed by atoms with Crippen molar-refractivity contribution in [2.45, 2.75) is 18.9 Å². The van der Waals surface area contributed by atoms with Crippen molar-refractivity contribution in [2.24, 2.45) is 11.1 Å². The second-order valence-corrected chi connectivity index (χ2v) is 5.60. The van der Waals surface area contributed by atoms with Gasteiger partial charge in [-0.05, 0) is 30.5 Å². The number of methoxy groups -OCH3 is 1. The van der Waals surface area contributed by atoms with Crippen LogP contribution in [-0.2, 0) is 9.53 Å². The summed E-state index contributed by atoms with van der Waals surface area (Å²) in [5, 5.41) is 13.0. The van der Waals surface area contributed by atoms with E-state index in [1.54, 1.807) is 31.4 Å². The Kier molecular flexibility index (Phi) is 7.78. The van der Waals surface area contributed by atoms with Crippen molar-refractivity contribution in [1.82, 2.24) is 5.32 Å². The zero-order valence-corrected chi connectivity index (χ0v) is 14.1. The molecule has 23 heavy (non-hydrogen) atoms. The monoisotopic (exact) mass is 344 g/mol. The van der Waals surface area contributed by atoms with Crippen LogP contribution in [0.5, 0.6) is 5.75 Å². The minimum Gasteiger partial charge on any atom is -0.497 e. The Morgan fingerprint density at radius 1 is 1.39 bits per heavy atom. The van der Waals surface area contributed by atoms with E-state index in [9.17, 15) is 9.90 Å². The second kappa shape index (κ2) is 9.08. The summed E-state index contributed by atoms with van der Waals surface area (Å²) in [5.41, 5.74) is 5.96. The van der Waals surface area contributed by atoms with Gasteiger partial charge in [0, 0.05) is 26.3 Å². The first-order chi connectivity index (χ1) is 10.6. The van der Waals surface area contributed by atoms with Gasteiger partial charge in [-0.25, -0.2) is 0 Å². The number of halogens is 1. The molecule has 1 aliphatic heterocycles. The number of hydrogen-bond donors (Lipinski definition) is 3. The van der Waals surface area contributed by atoms with Gasteiger partial charge in [0.15, 0.2) is 0 Å². The van der Waals surface area contributed by atoms with E-state index < -0.39 is 11.5 Å². The van der Waals surface area contributed by atoms with E-state index in [-0.39, 0.29) is 24.9 Å². The lowest BCUT2D eigenvalue weighted by Gasteiger charge is -2.34. The summed E-state index contributed by atoms with van der Waals surface area (Å²) in [4.78, 5) is 12.4. The normalized spacial score (nSPS) is 17.7. The van der Waals surface area contributed by atoms with Crippen LogP contribution in [0.25, 0.3) is 0 Å². The first kappa shape index (κ1) is 19.7. The Morgan fingerprint density at radius 2 is 2.00 bits per heavy atom. The van der Waals surface area contributed by atoms with Gasteiger partial charge in [-0.1, -0.05) is 12.1 Å². The van der Waals surface area contributed by atoms with Crippen LogP contribution in [0, 0.1) is 5.41 Å². The smallest absolute Gasteiger partial charge is 0.227 e. The van der Waals surface area contributed by atoms with Gasteiger partial charge in [-0.2, -0.15) is 0 Å². The molecule has 1 atom stereocenters. The number of carbonyl (C=O) groups is 1. The summed E-state index contributed by atoms with van der Waals surface area (Å²) in [6.07, 6.45) is 0.478. The topological polar surface area (TPSA) is 93.8 Å². The minimum absolute atomic E-state index is 0. The van der Waals surface area contributed by atoms with E-state index >= 15 is 0 Å². The summed E-state index contributed by atoms with van der Waals surface area (Å²) >= 11 is 0. The fourth-order valence-corrected chi connectivity index (χ4v) is 2.61.